The number of aromatic nitrogens is 1. The topological polar surface area (TPSA) is 175 Å². The maximum atomic E-state index is 14.8. The molecule has 67 heavy (non-hydrogen) atoms. The van der Waals surface area contributed by atoms with Gasteiger partial charge in [0.1, 0.15) is 29.7 Å². The Morgan fingerprint density at radius 1 is 1.12 bits per heavy atom. The van der Waals surface area contributed by atoms with Crippen LogP contribution in [0.25, 0.3) is 27.6 Å². The Labute approximate surface area is 395 Å². The van der Waals surface area contributed by atoms with Gasteiger partial charge in [-0.15, -0.1) is 0 Å². The van der Waals surface area contributed by atoms with Gasteiger partial charge in [0.15, 0.2) is 0 Å². The maximum Gasteiger partial charge on any atom is 0.259 e. The molecule has 3 aliphatic rings. The zero-order valence-electron chi connectivity index (χ0n) is 41.1. The number of fused-ring (bicyclic) bond motifs is 6. The normalized spacial score (nSPS) is 22.6. The van der Waals surface area contributed by atoms with Gasteiger partial charge in [-0.1, -0.05) is 52.5 Å². The van der Waals surface area contributed by atoms with Crippen molar-refractivity contribution >= 4 is 52.6 Å². The van der Waals surface area contributed by atoms with E-state index in [1.54, 1.807) is 37.4 Å². The minimum Gasteiger partial charge on any atom is -0.508 e. The van der Waals surface area contributed by atoms with E-state index in [-0.39, 0.29) is 62.3 Å². The predicted octanol–water partition coefficient (Wildman–Crippen LogP) is 6.10. The fourth-order valence-corrected chi connectivity index (χ4v) is 10.2. The summed E-state index contributed by atoms with van der Waals surface area (Å²) < 4.78 is 14.6. The number of carbonyl (C=O) groups excluding carboxylic acids is 5. The molecule has 0 saturated carbocycles. The lowest BCUT2D eigenvalue weighted by molar-refractivity contribution is -0.148. The van der Waals surface area contributed by atoms with Crippen molar-refractivity contribution < 1.29 is 38.6 Å². The minimum atomic E-state index is -1.23. The molecule has 6 rings (SSSR count). The molecule has 0 spiro atoms. The number of hydrogen-bond donors (Lipinski definition) is 3. The number of likely N-dealkylation sites (tertiary alicyclic amines) is 1. The van der Waals surface area contributed by atoms with Crippen LogP contribution < -0.4 is 10.7 Å². The first kappa shape index (κ1) is 50.8. The van der Waals surface area contributed by atoms with E-state index in [1.165, 1.54) is 16.8 Å². The van der Waals surface area contributed by atoms with Crippen LogP contribution in [-0.2, 0) is 52.8 Å². The first-order chi connectivity index (χ1) is 31.8. The highest BCUT2D eigenvalue weighted by Crippen LogP contribution is 2.41. The molecule has 1 aromatic heterocycles. The summed E-state index contributed by atoms with van der Waals surface area (Å²) in [5, 5.41) is 16.8. The molecule has 4 heterocycles. The Bertz CT molecular complexity index is 2440. The van der Waals surface area contributed by atoms with E-state index in [2.05, 4.69) is 54.8 Å². The van der Waals surface area contributed by atoms with Gasteiger partial charge >= 0.3 is 0 Å². The van der Waals surface area contributed by atoms with Gasteiger partial charge in [0.05, 0.1) is 36.6 Å². The summed E-state index contributed by atoms with van der Waals surface area (Å²) >= 11 is 0. The van der Waals surface area contributed by atoms with Gasteiger partial charge in [-0.3, -0.25) is 29.2 Å². The van der Waals surface area contributed by atoms with Crippen LogP contribution in [0.15, 0.2) is 59.7 Å². The van der Waals surface area contributed by atoms with Crippen LogP contribution in [-0.4, -0.2) is 131 Å². The Hall–Kier alpha value is -5.64. The Kier molecular flexibility index (Phi) is 16.0. The number of phenols is 1. The van der Waals surface area contributed by atoms with Crippen LogP contribution in [0.2, 0.25) is 0 Å². The fraction of sp³-hybridized carbons (Fsp3) is 0.538. The number of nitrogens with zero attached hydrogens (tertiary/aromatic N) is 5. The van der Waals surface area contributed by atoms with Gasteiger partial charge in [0.2, 0.25) is 17.7 Å². The van der Waals surface area contributed by atoms with Crippen LogP contribution in [0.4, 0.5) is 0 Å². The van der Waals surface area contributed by atoms with E-state index in [9.17, 15) is 29.1 Å². The predicted molar refractivity (Wildman–Crippen MR) is 261 cm³/mol. The van der Waals surface area contributed by atoms with E-state index in [1.807, 2.05) is 45.9 Å². The Morgan fingerprint density at radius 2 is 1.87 bits per heavy atom. The van der Waals surface area contributed by atoms with E-state index in [0.29, 0.717) is 49.9 Å². The maximum absolute atomic E-state index is 14.8. The Morgan fingerprint density at radius 3 is 2.49 bits per heavy atom. The van der Waals surface area contributed by atoms with Crippen LogP contribution in [0.5, 0.6) is 5.75 Å². The van der Waals surface area contributed by atoms with Crippen molar-refractivity contribution in [1.82, 2.24) is 30.1 Å². The molecule has 0 aliphatic carbocycles. The number of benzene rings is 2. The molecular formula is C52H71N7O8. The van der Waals surface area contributed by atoms with Gasteiger partial charge in [0, 0.05) is 76.4 Å². The lowest BCUT2D eigenvalue weighted by atomic mass is 9.83. The molecule has 3 aliphatic heterocycles. The molecule has 0 unspecified atom stereocenters. The molecule has 2 saturated heterocycles. The lowest BCUT2D eigenvalue weighted by Crippen LogP contribution is -2.66. The summed E-state index contributed by atoms with van der Waals surface area (Å²) in [6.45, 7) is 21.6. The number of aromatic hydroxyl groups is 1. The van der Waals surface area contributed by atoms with Crippen molar-refractivity contribution in [3.05, 3.63) is 71.6 Å². The number of aryl methyl sites for hydroxylation is 1. The molecule has 15 nitrogen and oxygen atoms in total. The number of phenolic OH excluding ortho intramolecular Hbond substituents is 1. The summed E-state index contributed by atoms with van der Waals surface area (Å²) in [4.78, 5) is 76.4. The van der Waals surface area contributed by atoms with Crippen LogP contribution in [0.3, 0.4) is 0 Å². The van der Waals surface area contributed by atoms with E-state index >= 15 is 0 Å². The van der Waals surface area contributed by atoms with E-state index in [4.69, 9.17) is 14.5 Å². The smallest absolute Gasteiger partial charge is 0.259 e. The van der Waals surface area contributed by atoms with Gasteiger partial charge in [0.25, 0.3) is 5.91 Å². The second-order valence-electron chi connectivity index (χ2n) is 19.6. The number of ether oxygens (including phenoxy) is 2. The number of aldehydes is 1. The number of amides is 4. The minimum absolute atomic E-state index is 0.00649. The number of allylic oxidation sites excluding steroid dienone is 2. The number of hydrogen-bond acceptors (Lipinski definition) is 10. The monoisotopic (exact) mass is 922 g/mol. The molecule has 2 fully saturated rings. The van der Waals surface area contributed by atoms with Crippen molar-refractivity contribution in [2.75, 3.05) is 47.0 Å². The fourth-order valence-electron chi connectivity index (χ4n) is 10.2. The van der Waals surface area contributed by atoms with E-state index < -0.39 is 40.8 Å². The van der Waals surface area contributed by atoms with Crippen molar-refractivity contribution in [2.45, 2.75) is 118 Å². The lowest BCUT2D eigenvalue weighted by Gasteiger charge is -2.42. The van der Waals surface area contributed by atoms with Crippen molar-refractivity contribution in [3.8, 4) is 16.9 Å². The summed E-state index contributed by atoms with van der Waals surface area (Å²) in [7, 11) is 3.25. The first-order valence-corrected chi connectivity index (χ1v) is 23.6. The third-order valence-corrected chi connectivity index (χ3v) is 13.6. The highest BCUT2D eigenvalue weighted by molar-refractivity contribution is 5.96. The molecular weight excluding hydrogens is 851 g/mol. The number of nitrogens with one attached hydrogen (secondary N) is 2. The molecule has 6 bridgehead atoms. The number of hydrazine groups is 1. The average molecular weight is 922 g/mol. The molecule has 3 aromatic rings. The molecule has 5 atom stereocenters. The quantitative estimate of drug-likeness (QED) is 0.110. The molecule has 362 valence electrons. The zero-order valence-corrected chi connectivity index (χ0v) is 41.1. The van der Waals surface area contributed by atoms with Gasteiger partial charge < -0.3 is 39.1 Å². The first-order valence-electron chi connectivity index (χ1n) is 23.6. The molecule has 4 amide bonds. The number of likely N-dealkylation sites (N-methyl/N-ethyl adjacent to an activating group) is 1. The summed E-state index contributed by atoms with van der Waals surface area (Å²) in [5.41, 5.74) is 8.24. The van der Waals surface area contributed by atoms with Crippen molar-refractivity contribution in [3.63, 3.8) is 0 Å². The largest absolute Gasteiger partial charge is 0.508 e. The SMILES string of the molecule is C=C/C(=C(\N=C/C)[C@H](C)OC)c1c2c3cc(ccc3n1CC)-c1cc(O)cc(c1)C[C@H](NC(=O)[C@H](C(C)C)N(C)C(=O)[C@H]1CCN(C(C)=O)C1)C(=O)N1CCC[C@](C=O)(COCC(C)(C)C2)N1. The van der Waals surface area contributed by atoms with Gasteiger partial charge in [-0.25, -0.2) is 5.43 Å². The average Bonchev–Trinajstić information content (AvgIpc) is 3.91. The number of carbonyl (C=O) groups is 5. The second-order valence-corrected chi connectivity index (χ2v) is 19.6. The van der Waals surface area contributed by atoms with Crippen LogP contribution >= 0.6 is 0 Å². The summed E-state index contributed by atoms with van der Waals surface area (Å²) in [6.07, 6.45) is 6.03. The Balaban J connectivity index is 1.49. The summed E-state index contributed by atoms with van der Waals surface area (Å²) in [6, 6.07) is 9.32. The molecule has 2 aromatic carbocycles. The standard InChI is InChI=1S/C52H71N7O8/c1-12-40(45(53-13-2)33(6)66-11)47-42-27-51(8,9)30-67-31-52(29-60)19-15-20-59(55-52)50(65)43(54-48(63)46(32(4)5)56(10)49(64)37-18-21-57(28-37)34(7)61)24-35-22-38(25-39(62)23-35)36-16-17-44(41(42)26-36)58(47)14-3/h12-13,16-17,22-23,25-26,29,32-33,37,43,46,55,62H,1,14-15,18-21,24,27-28,30-31H2,2-11H3,(H,54,63)/b45-40+,53-13-/t33-,37-,43-,46-,52-/m0/s1. The molecule has 0 radical (unpaired) electrons. The van der Waals surface area contributed by atoms with Gasteiger partial charge in [-0.2, -0.15) is 0 Å². The van der Waals surface area contributed by atoms with Crippen LogP contribution in [0, 0.1) is 17.3 Å². The number of rotatable bonds is 12. The second kappa shape index (κ2) is 21.1. The third kappa shape index (κ3) is 10.9. The van der Waals surface area contributed by atoms with Crippen molar-refractivity contribution in [2.24, 2.45) is 22.2 Å². The number of methoxy groups -OCH3 is 1. The third-order valence-electron chi connectivity index (χ3n) is 13.6. The van der Waals surface area contributed by atoms with Crippen molar-refractivity contribution in [1.29, 1.82) is 0 Å². The van der Waals surface area contributed by atoms with Crippen LogP contribution in [0.1, 0.15) is 91.5 Å². The summed E-state index contributed by atoms with van der Waals surface area (Å²) in [5.74, 6) is -2.17. The zero-order chi connectivity index (χ0) is 49.0. The number of aliphatic imine (C=N–C) groups is 1. The molecule has 3 N–H and O–H groups in total. The van der Waals surface area contributed by atoms with E-state index in [0.717, 1.165) is 45.3 Å². The molecule has 15 heteroatoms. The van der Waals surface area contributed by atoms with Gasteiger partial charge in [-0.05, 0) is 104 Å². The highest BCUT2D eigenvalue weighted by Gasteiger charge is 2.42. The highest BCUT2D eigenvalue weighted by atomic mass is 16.5.